The van der Waals surface area contributed by atoms with Gasteiger partial charge < -0.3 is 14.6 Å². The first kappa shape index (κ1) is 16.4. The summed E-state index contributed by atoms with van der Waals surface area (Å²) in [5.41, 5.74) is 1.32. The number of pyridine rings is 1. The van der Waals surface area contributed by atoms with Crippen LogP contribution in [0.3, 0.4) is 0 Å². The van der Waals surface area contributed by atoms with Crippen LogP contribution < -0.4 is 5.32 Å². The fourth-order valence-electron chi connectivity index (χ4n) is 3.15. The number of rotatable bonds is 5. The molecule has 7 nitrogen and oxygen atoms in total. The van der Waals surface area contributed by atoms with Gasteiger partial charge in [0.1, 0.15) is 11.9 Å². The second kappa shape index (κ2) is 7.43. The van der Waals surface area contributed by atoms with Gasteiger partial charge in [-0.05, 0) is 12.6 Å². The number of imidazole rings is 1. The topological polar surface area (TPSA) is 79.0 Å². The lowest BCUT2D eigenvalue weighted by Gasteiger charge is -2.40. The third-order valence-electron chi connectivity index (χ3n) is 4.42. The molecule has 0 bridgehead atoms. The van der Waals surface area contributed by atoms with E-state index in [1.807, 2.05) is 24.0 Å². The Morgan fingerprint density at radius 1 is 1.46 bits per heavy atom. The van der Waals surface area contributed by atoms with Gasteiger partial charge in [-0.15, -0.1) is 0 Å². The highest BCUT2D eigenvalue weighted by Crippen LogP contribution is 2.28. The molecule has 0 saturated carbocycles. The van der Waals surface area contributed by atoms with Gasteiger partial charge in [-0.1, -0.05) is 6.92 Å². The molecule has 1 aliphatic rings. The van der Waals surface area contributed by atoms with E-state index in [4.69, 9.17) is 4.74 Å². The van der Waals surface area contributed by atoms with Gasteiger partial charge in [-0.2, -0.15) is 5.26 Å². The van der Waals surface area contributed by atoms with E-state index in [1.165, 1.54) is 0 Å². The minimum Gasteiger partial charge on any atom is -0.380 e. The molecule has 126 valence electrons. The molecule has 1 N–H and O–H groups in total. The number of morpholine rings is 1. The molecule has 0 spiro atoms. The van der Waals surface area contributed by atoms with Crippen molar-refractivity contribution in [3.8, 4) is 6.07 Å². The molecular weight excluding hydrogens is 304 g/mol. The van der Waals surface area contributed by atoms with Crippen molar-refractivity contribution in [3.63, 3.8) is 0 Å². The van der Waals surface area contributed by atoms with Crippen LogP contribution in [0.5, 0.6) is 0 Å². The molecule has 0 radical (unpaired) electrons. The van der Waals surface area contributed by atoms with Crippen LogP contribution in [-0.4, -0.2) is 51.8 Å². The molecule has 2 aromatic rings. The highest BCUT2D eigenvalue weighted by Gasteiger charge is 2.35. The zero-order valence-corrected chi connectivity index (χ0v) is 14.0. The summed E-state index contributed by atoms with van der Waals surface area (Å²) in [6.07, 6.45) is 7.02. The highest BCUT2D eigenvalue weighted by atomic mass is 16.5. The summed E-state index contributed by atoms with van der Waals surface area (Å²) in [6, 6.07) is 3.97. The Labute approximate surface area is 141 Å². The summed E-state index contributed by atoms with van der Waals surface area (Å²) in [7, 11) is 2.00. The molecule has 1 fully saturated rings. The molecule has 0 amide bonds. The van der Waals surface area contributed by atoms with E-state index < -0.39 is 0 Å². The molecule has 1 aliphatic heterocycles. The van der Waals surface area contributed by atoms with Gasteiger partial charge in [0, 0.05) is 38.7 Å². The van der Waals surface area contributed by atoms with Crippen LogP contribution in [0.1, 0.15) is 24.4 Å². The van der Waals surface area contributed by atoms with E-state index in [0.717, 1.165) is 24.6 Å². The Morgan fingerprint density at radius 2 is 2.33 bits per heavy atom. The summed E-state index contributed by atoms with van der Waals surface area (Å²) >= 11 is 0. The number of hydrogen-bond donors (Lipinski definition) is 1. The predicted molar refractivity (Wildman–Crippen MR) is 90.4 cm³/mol. The van der Waals surface area contributed by atoms with Gasteiger partial charge in [-0.25, -0.2) is 4.98 Å². The lowest BCUT2D eigenvalue weighted by Crippen LogP contribution is -2.48. The average Bonchev–Trinajstić information content (AvgIpc) is 3.05. The van der Waals surface area contributed by atoms with Crippen LogP contribution in [0.15, 0.2) is 30.9 Å². The summed E-state index contributed by atoms with van der Waals surface area (Å²) < 4.78 is 8.08. The Kier molecular flexibility index (Phi) is 5.08. The molecule has 2 aromatic heterocycles. The molecule has 0 aliphatic carbocycles. The zero-order valence-electron chi connectivity index (χ0n) is 14.0. The van der Waals surface area contributed by atoms with E-state index in [2.05, 4.69) is 33.2 Å². The lowest BCUT2D eigenvalue weighted by atomic mass is 10.1. The van der Waals surface area contributed by atoms with Crippen molar-refractivity contribution >= 4 is 5.69 Å². The van der Waals surface area contributed by atoms with Crippen molar-refractivity contribution in [3.05, 3.63) is 42.2 Å². The van der Waals surface area contributed by atoms with Gasteiger partial charge in [0.05, 0.1) is 36.2 Å². The van der Waals surface area contributed by atoms with Crippen LogP contribution in [0.2, 0.25) is 0 Å². The Balaban J connectivity index is 1.80. The largest absolute Gasteiger partial charge is 0.380 e. The SMILES string of the molecule is CCN1CCO[C@@H](CNc2cnccc2C#N)[C@@H]1c1nccn1C. The second-order valence-electron chi connectivity index (χ2n) is 5.79. The fourth-order valence-corrected chi connectivity index (χ4v) is 3.15. The average molecular weight is 326 g/mol. The molecule has 3 heterocycles. The number of nitrogens with one attached hydrogen (secondary N) is 1. The maximum absolute atomic E-state index is 9.20. The lowest BCUT2D eigenvalue weighted by molar-refractivity contribution is -0.0675. The third kappa shape index (κ3) is 3.25. The smallest absolute Gasteiger partial charge is 0.128 e. The number of aryl methyl sites for hydroxylation is 1. The van der Waals surface area contributed by atoms with E-state index in [-0.39, 0.29) is 12.1 Å². The summed E-state index contributed by atoms with van der Waals surface area (Å²) in [5, 5.41) is 12.5. The van der Waals surface area contributed by atoms with Crippen LogP contribution >= 0.6 is 0 Å². The zero-order chi connectivity index (χ0) is 16.9. The maximum atomic E-state index is 9.20. The number of aromatic nitrogens is 3. The maximum Gasteiger partial charge on any atom is 0.128 e. The molecule has 0 unspecified atom stereocenters. The van der Waals surface area contributed by atoms with Crippen LogP contribution in [-0.2, 0) is 11.8 Å². The number of nitrogens with zero attached hydrogens (tertiary/aromatic N) is 5. The van der Waals surface area contributed by atoms with Crippen molar-refractivity contribution in [2.24, 2.45) is 7.05 Å². The summed E-state index contributed by atoms with van der Waals surface area (Å²) in [6.45, 7) is 5.27. The van der Waals surface area contributed by atoms with Crippen molar-refractivity contribution in [2.75, 3.05) is 31.6 Å². The Morgan fingerprint density at radius 3 is 3.04 bits per heavy atom. The Hall–Kier alpha value is -2.43. The standard InChI is InChI=1S/C17H22N6O/c1-3-23-8-9-24-15(16(23)17-20-6-7-22(17)2)12-21-14-11-19-5-4-13(14)10-18/h4-7,11,15-16,21H,3,8-9,12H2,1-2H3/t15-,16+/m0/s1. The number of anilines is 1. The molecule has 0 aromatic carbocycles. The number of likely N-dealkylation sites (N-methyl/N-ethyl adjacent to an activating group) is 1. The normalized spacial score (nSPS) is 21.4. The first-order valence-corrected chi connectivity index (χ1v) is 8.15. The summed E-state index contributed by atoms with van der Waals surface area (Å²) in [5.74, 6) is 0.995. The first-order chi connectivity index (χ1) is 11.7. The van der Waals surface area contributed by atoms with Gasteiger partial charge in [-0.3, -0.25) is 9.88 Å². The van der Waals surface area contributed by atoms with E-state index in [0.29, 0.717) is 18.7 Å². The Bertz CT molecular complexity index is 722. The first-order valence-electron chi connectivity index (χ1n) is 8.15. The molecule has 3 rings (SSSR count). The van der Waals surface area contributed by atoms with Gasteiger partial charge in [0.25, 0.3) is 0 Å². The summed E-state index contributed by atoms with van der Waals surface area (Å²) in [4.78, 5) is 11.0. The van der Waals surface area contributed by atoms with E-state index in [1.54, 1.807) is 18.5 Å². The van der Waals surface area contributed by atoms with Crippen LogP contribution in [0, 0.1) is 11.3 Å². The van der Waals surface area contributed by atoms with Gasteiger partial charge >= 0.3 is 0 Å². The number of hydrogen-bond acceptors (Lipinski definition) is 6. The minimum atomic E-state index is -0.0495. The number of nitriles is 1. The van der Waals surface area contributed by atoms with E-state index >= 15 is 0 Å². The third-order valence-corrected chi connectivity index (χ3v) is 4.42. The van der Waals surface area contributed by atoms with Crippen molar-refractivity contribution < 1.29 is 4.74 Å². The quantitative estimate of drug-likeness (QED) is 0.898. The monoisotopic (exact) mass is 326 g/mol. The molecule has 1 saturated heterocycles. The second-order valence-corrected chi connectivity index (χ2v) is 5.79. The molecule has 24 heavy (non-hydrogen) atoms. The van der Waals surface area contributed by atoms with E-state index in [9.17, 15) is 5.26 Å². The minimum absolute atomic E-state index is 0.0495. The number of ether oxygens (including phenoxy) is 1. The molecule has 2 atom stereocenters. The molecule has 7 heteroatoms. The van der Waals surface area contributed by atoms with Gasteiger partial charge in [0.2, 0.25) is 0 Å². The van der Waals surface area contributed by atoms with Crippen LogP contribution in [0.4, 0.5) is 5.69 Å². The van der Waals surface area contributed by atoms with Crippen molar-refractivity contribution in [1.82, 2.24) is 19.4 Å². The van der Waals surface area contributed by atoms with Crippen LogP contribution in [0.25, 0.3) is 0 Å². The fraction of sp³-hybridized carbons (Fsp3) is 0.471. The van der Waals surface area contributed by atoms with Gasteiger partial charge in [0.15, 0.2) is 0 Å². The van der Waals surface area contributed by atoms with Crippen molar-refractivity contribution in [2.45, 2.75) is 19.1 Å². The highest BCUT2D eigenvalue weighted by molar-refractivity contribution is 5.55. The predicted octanol–water partition coefficient (Wildman–Crippen LogP) is 1.56. The van der Waals surface area contributed by atoms with Crippen molar-refractivity contribution in [1.29, 1.82) is 5.26 Å². The molecular formula is C17H22N6O.